The van der Waals surface area contributed by atoms with Crippen LogP contribution in [0.5, 0.6) is 0 Å². The van der Waals surface area contributed by atoms with Crippen molar-refractivity contribution < 1.29 is 8.85 Å². The fourth-order valence-corrected chi connectivity index (χ4v) is 9.35. The summed E-state index contributed by atoms with van der Waals surface area (Å²) < 4.78 is 12.1. The minimum absolute atomic E-state index is 0.263. The Bertz CT molecular complexity index is 220. The quantitative estimate of drug-likeness (QED) is 0.688. The van der Waals surface area contributed by atoms with E-state index in [1.54, 1.807) is 0 Å². The molecule has 16 heavy (non-hydrogen) atoms. The smallest absolute Gasteiger partial charge is 0.349 e. The van der Waals surface area contributed by atoms with Crippen molar-refractivity contribution in [3.63, 3.8) is 0 Å². The summed E-state index contributed by atoms with van der Waals surface area (Å²) in [4.78, 5) is 0. The van der Waals surface area contributed by atoms with Crippen LogP contribution in [0, 0.1) is 0 Å². The van der Waals surface area contributed by atoms with E-state index in [4.69, 9.17) is 8.85 Å². The van der Waals surface area contributed by atoms with Crippen molar-refractivity contribution in [2.24, 2.45) is 0 Å². The number of hydrogen-bond acceptors (Lipinski definition) is 2. The lowest BCUT2D eigenvalue weighted by atomic mass is 9.92. The molecule has 1 fully saturated rings. The average molecular weight is 244 g/mol. The first-order valence-corrected chi connectivity index (χ1v) is 8.37. The Balaban J connectivity index is 3.23. The second-order valence-electron chi connectivity index (χ2n) is 5.71. The van der Waals surface area contributed by atoms with Crippen molar-refractivity contribution in [3.8, 4) is 0 Å². The van der Waals surface area contributed by atoms with E-state index >= 15 is 0 Å². The van der Waals surface area contributed by atoms with Crippen LogP contribution in [-0.2, 0) is 8.85 Å². The molecule has 1 heterocycles. The van der Waals surface area contributed by atoms with Crippen molar-refractivity contribution in [1.82, 2.24) is 0 Å². The predicted molar refractivity (Wildman–Crippen MR) is 70.9 cm³/mol. The van der Waals surface area contributed by atoms with E-state index in [2.05, 4.69) is 27.7 Å². The van der Waals surface area contributed by atoms with Crippen molar-refractivity contribution >= 4 is 8.56 Å². The first-order chi connectivity index (χ1) is 7.45. The Labute approximate surface area is 102 Å². The van der Waals surface area contributed by atoms with Crippen molar-refractivity contribution in [2.45, 2.75) is 69.9 Å². The lowest BCUT2D eigenvalue weighted by Crippen LogP contribution is -2.61. The van der Waals surface area contributed by atoms with Gasteiger partial charge in [0.15, 0.2) is 0 Å². The zero-order chi connectivity index (χ0) is 12.4. The zero-order valence-electron chi connectivity index (χ0n) is 11.9. The summed E-state index contributed by atoms with van der Waals surface area (Å²) in [5, 5.41) is 0.527. The van der Waals surface area contributed by atoms with E-state index in [-0.39, 0.29) is 10.1 Å². The molecule has 2 atom stereocenters. The van der Waals surface area contributed by atoms with Crippen LogP contribution in [0.1, 0.15) is 59.8 Å². The summed E-state index contributed by atoms with van der Waals surface area (Å²) in [7, 11) is 1.59. The Hall–Kier alpha value is 0.137. The minimum atomic E-state index is -2.14. The summed E-state index contributed by atoms with van der Waals surface area (Å²) in [6.07, 6.45) is 6.16. The van der Waals surface area contributed by atoms with Crippen molar-refractivity contribution in [2.75, 3.05) is 14.2 Å². The molecule has 0 aliphatic carbocycles. The Morgan fingerprint density at radius 3 is 1.56 bits per heavy atom. The van der Waals surface area contributed by atoms with Crippen LogP contribution in [0.4, 0.5) is 0 Å². The third-order valence-electron chi connectivity index (χ3n) is 5.18. The molecular formula is C13H28O2Si. The highest BCUT2D eigenvalue weighted by molar-refractivity contribution is 6.74. The SMILES string of the molecule is CCC1(C)CCCC(C)(CC)[Si]1(OC)OC. The van der Waals surface area contributed by atoms with E-state index in [1.807, 2.05) is 14.2 Å². The Morgan fingerprint density at radius 1 is 0.938 bits per heavy atom. The van der Waals surface area contributed by atoms with Gasteiger partial charge in [0, 0.05) is 24.3 Å². The van der Waals surface area contributed by atoms with Gasteiger partial charge in [-0.15, -0.1) is 0 Å². The molecule has 0 aromatic carbocycles. The van der Waals surface area contributed by atoms with E-state index in [1.165, 1.54) is 19.3 Å². The fourth-order valence-electron chi connectivity index (χ4n) is 3.81. The van der Waals surface area contributed by atoms with Gasteiger partial charge in [0.05, 0.1) is 0 Å². The van der Waals surface area contributed by atoms with Crippen LogP contribution < -0.4 is 0 Å². The molecule has 3 heteroatoms. The van der Waals surface area contributed by atoms with Gasteiger partial charge < -0.3 is 8.85 Å². The first kappa shape index (κ1) is 14.2. The molecule has 96 valence electrons. The highest BCUT2D eigenvalue weighted by Crippen LogP contribution is 2.63. The fraction of sp³-hybridized carbons (Fsp3) is 1.00. The van der Waals surface area contributed by atoms with Gasteiger partial charge in [-0.3, -0.25) is 0 Å². The molecule has 0 aromatic rings. The molecule has 0 saturated carbocycles. The van der Waals surface area contributed by atoms with Gasteiger partial charge in [-0.1, -0.05) is 34.1 Å². The van der Waals surface area contributed by atoms with Crippen LogP contribution in [0.25, 0.3) is 0 Å². The minimum Gasteiger partial charge on any atom is -0.397 e. The molecule has 1 rings (SSSR count). The molecular weight excluding hydrogens is 216 g/mol. The maximum absolute atomic E-state index is 6.06. The normalized spacial score (nSPS) is 38.6. The van der Waals surface area contributed by atoms with Crippen LogP contribution in [0.2, 0.25) is 10.1 Å². The van der Waals surface area contributed by atoms with Crippen LogP contribution in [0.3, 0.4) is 0 Å². The molecule has 2 unspecified atom stereocenters. The van der Waals surface area contributed by atoms with Crippen LogP contribution >= 0.6 is 0 Å². The van der Waals surface area contributed by atoms with Gasteiger partial charge >= 0.3 is 8.56 Å². The molecule has 0 amide bonds. The molecule has 2 nitrogen and oxygen atoms in total. The highest BCUT2D eigenvalue weighted by Gasteiger charge is 2.64. The summed E-state index contributed by atoms with van der Waals surface area (Å²) in [5.41, 5.74) is 0. The predicted octanol–water partition coefficient (Wildman–Crippen LogP) is 4.25. The third-order valence-corrected chi connectivity index (χ3v) is 10.7. The molecule has 0 radical (unpaired) electrons. The summed E-state index contributed by atoms with van der Waals surface area (Å²) in [6, 6.07) is 0. The zero-order valence-corrected chi connectivity index (χ0v) is 12.9. The van der Waals surface area contributed by atoms with Gasteiger partial charge in [0.25, 0.3) is 0 Å². The molecule has 0 spiro atoms. The molecule has 0 N–H and O–H groups in total. The molecule has 1 aliphatic rings. The van der Waals surface area contributed by atoms with Crippen molar-refractivity contribution in [3.05, 3.63) is 0 Å². The van der Waals surface area contributed by atoms with Gasteiger partial charge in [-0.2, -0.15) is 0 Å². The second kappa shape index (κ2) is 4.79. The van der Waals surface area contributed by atoms with E-state index in [9.17, 15) is 0 Å². The molecule has 1 aliphatic heterocycles. The third kappa shape index (κ3) is 1.68. The maximum atomic E-state index is 6.06. The summed E-state index contributed by atoms with van der Waals surface area (Å²) in [5.74, 6) is 0. The lowest BCUT2D eigenvalue weighted by molar-refractivity contribution is 0.138. The topological polar surface area (TPSA) is 18.5 Å². The van der Waals surface area contributed by atoms with E-state index in [0.29, 0.717) is 0 Å². The maximum Gasteiger partial charge on any atom is 0.349 e. The highest BCUT2D eigenvalue weighted by atomic mass is 28.4. The lowest BCUT2D eigenvalue weighted by Gasteiger charge is -2.56. The van der Waals surface area contributed by atoms with E-state index < -0.39 is 8.56 Å². The van der Waals surface area contributed by atoms with Crippen molar-refractivity contribution in [1.29, 1.82) is 0 Å². The molecule has 0 bridgehead atoms. The first-order valence-electron chi connectivity index (χ1n) is 6.55. The Kier molecular flexibility index (Phi) is 4.25. The average Bonchev–Trinajstić information content (AvgIpc) is 2.30. The van der Waals surface area contributed by atoms with Gasteiger partial charge in [-0.05, 0) is 25.7 Å². The van der Waals surface area contributed by atoms with Crippen LogP contribution in [0.15, 0.2) is 0 Å². The van der Waals surface area contributed by atoms with Gasteiger partial charge in [0.1, 0.15) is 0 Å². The second-order valence-corrected chi connectivity index (χ2v) is 10.2. The number of rotatable bonds is 4. The standard InChI is InChI=1S/C13H28O2Si/c1-7-12(3)10-9-11-13(4,8-2)16(12,14-5)15-6/h7-11H2,1-6H3. The Morgan fingerprint density at radius 2 is 1.31 bits per heavy atom. The summed E-state index contributed by atoms with van der Waals surface area (Å²) in [6.45, 7) is 9.31. The molecule has 1 saturated heterocycles. The monoisotopic (exact) mass is 244 g/mol. The van der Waals surface area contributed by atoms with E-state index in [0.717, 1.165) is 12.8 Å². The van der Waals surface area contributed by atoms with Crippen LogP contribution in [-0.4, -0.2) is 22.8 Å². The summed E-state index contributed by atoms with van der Waals surface area (Å²) >= 11 is 0. The van der Waals surface area contributed by atoms with Gasteiger partial charge in [-0.25, -0.2) is 0 Å². The molecule has 0 aromatic heterocycles. The number of hydrogen-bond donors (Lipinski definition) is 0. The largest absolute Gasteiger partial charge is 0.397 e. The van der Waals surface area contributed by atoms with Gasteiger partial charge in [0.2, 0.25) is 0 Å².